The van der Waals surface area contributed by atoms with E-state index in [2.05, 4.69) is 43.5 Å². The van der Waals surface area contributed by atoms with Crippen LogP contribution >= 0.6 is 0 Å². The Bertz CT molecular complexity index is 4780. The second kappa shape index (κ2) is 23.3. The van der Waals surface area contributed by atoms with Crippen LogP contribution in [0.2, 0.25) is 0 Å². The number of rotatable bonds is 15. The van der Waals surface area contributed by atoms with Gasteiger partial charge in [-0.2, -0.15) is 0 Å². The zero-order valence-corrected chi connectivity index (χ0v) is 49.7. The highest BCUT2D eigenvalue weighted by Gasteiger charge is 2.52. The summed E-state index contributed by atoms with van der Waals surface area (Å²) in [5.41, 5.74) is 8.69. The molecule has 0 aromatic heterocycles. The van der Waals surface area contributed by atoms with Crippen molar-refractivity contribution in [3.05, 3.63) is 389 Å². The largest absolute Gasteiger partial charge is 0.457 e. The van der Waals surface area contributed by atoms with Crippen LogP contribution in [-0.4, -0.2) is 0 Å². The SMILES string of the molecule is C=Cc1ccc(Oc2ccc(C3(c4c(F)cc(F)cc4F)c4ccccc4-c4ccc(N(c5cccc(-c6cccc(-c7ccccc7)c6)c5)c5ccc6c(c5)C(c5ccc(Oc7ccc(C=C)cc7)cc5)(c5c(F)cc(F)cc5F)c5ccccc5-6)cc43)cc2)cc1. The van der Waals surface area contributed by atoms with E-state index in [1.807, 2.05) is 187 Å². The maximum Gasteiger partial charge on any atom is 0.133 e. The summed E-state index contributed by atoms with van der Waals surface area (Å²) < 4.78 is 113. The van der Waals surface area contributed by atoms with Gasteiger partial charge in [0.1, 0.15) is 57.9 Å². The van der Waals surface area contributed by atoms with Crippen LogP contribution in [0.25, 0.3) is 56.7 Å². The first-order valence-corrected chi connectivity index (χ1v) is 30.3. The summed E-state index contributed by atoms with van der Waals surface area (Å²) in [6.07, 6.45) is 3.47. The number of ether oxygens (including phenoxy) is 2. The molecule has 0 radical (unpaired) electrons. The van der Waals surface area contributed by atoms with Gasteiger partial charge in [-0.05, 0) is 180 Å². The molecular formula is C84H53F6NO2. The van der Waals surface area contributed by atoms with Crippen molar-refractivity contribution in [1.82, 2.24) is 0 Å². The van der Waals surface area contributed by atoms with Crippen LogP contribution in [0, 0.1) is 34.9 Å². The normalized spacial score (nSPS) is 14.9. The molecular weight excluding hydrogens is 1170 g/mol. The predicted octanol–water partition coefficient (Wildman–Crippen LogP) is 22.9. The Morgan fingerprint density at radius 2 is 0.634 bits per heavy atom. The van der Waals surface area contributed by atoms with Crippen LogP contribution in [0.15, 0.2) is 298 Å². The van der Waals surface area contributed by atoms with E-state index in [0.29, 0.717) is 120 Å². The average Bonchev–Trinajstić information content (AvgIpc) is 1.57. The Labute approximate surface area is 534 Å². The van der Waals surface area contributed by atoms with Crippen molar-refractivity contribution >= 4 is 29.2 Å². The number of nitrogens with zero attached hydrogens (tertiary/aromatic N) is 1. The molecule has 2 atom stereocenters. The van der Waals surface area contributed by atoms with E-state index in [1.165, 1.54) is 0 Å². The smallest absolute Gasteiger partial charge is 0.133 e. The van der Waals surface area contributed by atoms with E-state index >= 15 is 26.3 Å². The number of fused-ring (bicyclic) bond motifs is 6. The van der Waals surface area contributed by atoms with Gasteiger partial charge in [0.2, 0.25) is 0 Å². The van der Waals surface area contributed by atoms with Gasteiger partial charge in [-0.25, -0.2) is 26.3 Å². The van der Waals surface area contributed by atoms with Crippen LogP contribution in [0.3, 0.4) is 0 Å². The van der Waals surface area contributed by atoms with Crippen molar-refractivity contribution in [2.75, 3.05) is 4.90 Å². The topological polar surface area (TPSA) is 21.7 Å². The molecule has 0 N–H and O–H groups in total. The number of hydrogen-bond acceptors (Lipinski definition) is 3. The van der Waals surface area contributed by atoms with Gasteiger partial charge in [0.25, 0.3) is 0 Å². The lowest BCUT2D eigenvalue weighted by molar-refractivity contribution is 0.481. The van der Waals surface area contributed by atoms with Crippen LogP contribution in [0.1, 0.15) is 55.6 Å². The molecule has 0 aliphatic heterocycles. The zero-order valence-electron chi connectivity index (χ0n) is 49.7. The lowest BCUT2D eigenvalue weighted by atomic mass is 9.67. The molecule has 0 spiro atoms. The van der Waals surface area contributed by atoms with Gasteiger partial charge >= 0.3 is 0 Å². The molecule has 0 heterocycles. The van der Waals surface area contributed by atoms with E-state index in [-0.39, 0.29) is 0 Å². The van der Waals surface area contributed by atoms with Gasteiger partial charge in [0.05, 0.1) is 10.8 Å². The third-order valence-corrected chi connectivity index (χ3v) is 18.0. The summed E-state index contributed by atoms with van der Waals surface area (Å²) in [6, 6.07) is 84.5. The predicted molar refractivity (Wildman–Crippen MR) is 360 cm³/mol. The van der Waals surface area contributed by atoms with Gasteiger partial charge in [0.15, 0.2) is 0 Å². The Kier molecular flexibility index (Phi) is 14.5. The first-order valence-electron chi connectivity index (χ1n) is 30.3. The van der Waals surface area contributed by atoms with Gasteiger partial charge in [0, 0.05) is 52.5 Å². The molecule has 2 aliphatic carbocycles. The highest BCUT2D eigenvalue weighted by molar-refractivity contribution is 5.93. The third kappa shape index (κ3) is 9.79. The fourth-order valence-corrected chi connectivity index (χ4v) is 14.0. The minimum absolute atomic E-state index is 0.391. The number of halogens is 6. The standard InChI is InChI=1S/C84H53F6NO2/c1-3-52-24-34-65(35-25-52)92-67-38-28-58(29-39-67)83(81-77(87)46-60(85)47-78(81)88)73-22-10-8-20-69(73)71-42-32-63(50-75(71)83)91(62-19-13-18-57(45-62)56-17-12-16-55(44-56)54-14-6-5-7-15-54)64-33-43-72-70-21-9-11-23-74(70)84(76(72)51-64,82-79(89)48-61(86)49-80(82)90)59-30-40-68(41-31-59)93-66-36-26-53(4-2)27-37-66/h3-51H,1-2H2. The van der Waals surface area contributed by atoms with Gasteiger partial charge in [-0.1, -0.05) is 195 Å². The molecule has 0 amide bonds. The molecule has 2 aliphatic rings. The van der Waals surface area contributed by atoms with Crippen molar-refractivity contribution in [2.24, 2.45) is 0 Å². The molecule has 93 heavy (non-hydrogen) atoms. The van der Waals surface area contributed by atoms with Crippen LogP contribution in [-0.2, 0) is 10.8 Å². The fourth-order valence-electron chi connectivity index (χ4n) is 14.0. The first-order chi connectivity index (χ1) is 45.4. The first kappa shape index (κ1) is 57.7. The molecule has 15 rings (SSSR count). The Hall–Kier alpha value is -11.7. The second-order valence-corrected chi connectivity index (χ2v) is 23.2. The van der Waals surface area contributed by atoms with Crippen molar-refractivity contribution in [3.8, 4) is 67.5 Å². The second-order valence-electron chi connectivity index (χ2n) is 23.2. The van der Waals surface area contributed by atoms with E-state index in [4.69, 9.17) is 9.47 Å². The Morgan fingerprint density at radius 3 is 1.06 bits per heavy atom. The van der Waals surface area contributed by atoms with Crippen molar-refractivity contribution in [3.63, 3.8) is 0 Å². The molecule has 13 aromatic carbocycles. The minimum atomic E-state index is -1.77. The molecule has 0 fully saturated rings. The van der Waals surface area contributed by atoms with E-state index < -0.39 is 56.9 Å². The molecule has 0 saturated heterocycles. The van der Waals surface area contributed by atoms with E-state index in [1.54, 1.807) is 60.7 Å². The summed E-state index contributed by atoms with van der Waals surface area (Å²) in [6.45, 7) is 7.71. The molecule has 3 nitrogen and oxygen atoms in total. The highest BCUT2D eigenvalue weighted by Crippen LogP contribution is 2.61. The summed E-state index contributed by atoms with van der Waals surface area (Å²) >= 11 is 0. The number of benzene rings is 13. The lowest BCUT2D eigenvalue weighted by Crippen LogP contribution is -2.32. The van der Waals surface area contributed by atoms with E-state index in [9.17, 15) is 0 Å². The number of anilines is 3. The third-order valence-electron chi connectivity index (χ3n) is 18.0. The minimum Gasteiger partial charge on any atom is -0.457 e. The van der Waals surface area contributed by atoms with Crippen LogP contribution in [0.5, 0.6) is 23.0 Å². The maximum atomic E-state index is 17.5. The molecule has 13 aromatic rings. The summed E-state index contributed by atoms with van der Waals surface area (Å²) in [4.78, 5) is 2.02. The van der Waals surface area contributed by atoms with Crippen LogP contribution in [0.4, 0.5) is 43.4 Å². The molecule has 2 unspecified atom stereocenters. The summed E-state index contributed by atoms with van der Waals surface area (Å²) in [7, 11) is 0. The lowest BCUT2D eigenvalue weighted by Gasteiger charge is -2.36. The van der Waals surface area contributed by atoms with Crippen molar-refractivity contribution < 1.29 is 35.8 Å². The maximum absolute atomic E-state index is 17.5. The molecule has 448 valence electrons. The van der Waals surface area contributed by atoms with Crippen molar-refractivity contribution in [1.29, 1.82) is 0 Å². The fraction of sp³-hybridized carbons (Fsp3) is 0.0238. The summed E-state index contributed by atoms with van der Waals surface area (Å²) in [5.74, 6) is -4.51. The number of hydrogen-bond donors (Lipinski definition) is 0. The van der Waals surface area contributed by atoms with Gasteiger partial charge in [-0.3, -0.25) is 0 Å². The van der Waals surface area contributed by atoms with Crippen LogP contribution < -0.4 is 14.4 Å². The monoisotopic (exact) mass is 1220 g/mol. The van der Waals surface area contributed by atoms with Gasteiger partial charge in [-0.15, -0.1) is 0 Å². The summed E-state index contributed by atoms with van der Waals surface area (Å²) in [5, 5.41) is 0. The Morgan fingerprint density at radius 1 is 0.290 bits per heavy atom. The Balaban J connectivity index is 0.972. The van der Waals surface area contributed by atoms with Crippen molar-refractivity contribution in [2.45, 2.75) is 10.8 Å². The zero-order chi connectivity index (χ0) is 63.5. The van der Waals surface area contributed by atoms with Gasteiger partial charge < -0.3 is 14.4 Å². The molecule has 0 saturated carbocycles. The quantitative estimate of drug-likeness (QED) is 0.0955. The molecule has 9 heteroatoms. The highest BCUT2D eigenvalue weighted by atomic mass is 19.2. The van der Waals surface area contributed by atoms with E-state index in [0.717, 1.165) is 33.4 Å². The molecule has 0 bridgehead atoms. The average molecular weight is 1220 g/mol.